The molecule has 3 rings (SSSR count). The van der Waals surface area contributed by atoms with Gasteiger partial charge in [-0.3, -0.25) is 0 Å². The van der Waals surface area contributed by atoms with Crippen LogP contribution in [0.4, 0.5) is 0 Å². The molecule has 5 nitrogen and oxygen atoms in total. The van der Waals surface area contributed by atoms with Crippen LogP contribution in [-0.2, 0) is 4.74 Å². The average Bonchev–Trinajstić information content (AvgIpc) is 2.66. The normalized spacial score (nSPS) is 18.2. The molecule has 0 saturated carbocycles. The SMILES string of the molecule is CCCCN1CCC(COC(=O)c2ccc(Cl)c3c2OCCO3)CC1. The number of esters is 1. The first-order valence-corrected chi connectivity index (χ1v) is 9.54. The number of rotatable bonds is 6. The average molecular weight is 368 g/mol. The van der Waals surface area contributed by atoms with Crippen molar-refractivity contribution < 1.29 is 19.0 Å². The molecule has 1 aromatic carbocycles. The van der Waals surface area contributed by atoms with Crippen molar-refractivity contribution in [2.45, 2.75) is 32.6 Å². The van der Waals surface area contributed by atoms with E-state index in [1.165, 1.54) is 19.4 Å². The topological polar surface area (TPSA) is 48.0 Å². The fraction of sp³-hybridized carbons (Fsp3) is 0.632. The first kappa shape index (κ1) is 18.3. The number of benzene rings is 1. The molecule has 2 aliphatic rings. The van der Waals surface area contributed by atoms with Crippen LogP contribution in [0.3, 0.4) is 0 Å². The van der Waals surface area contributed by atoms with Crippen LogP contribution < -0.4 is 9.47 Å². The quantitative estimate of drug-likeness (QED) is 0.716. The summed E-state index contributed by atoms with van der Waals surface area (Å²) in [5, 5.41) is 0.450. The van der Waals surface area contributed by atoms with E-state index in [2.05, 4.69) is 11.8 Å². The second-order valence-electron chi connectivity index (χ2n) is 6.69. The third-order valence-electron chi connectivity index (χ3n) is 4.85. The van der Waals surface area contributed by atoms with Crippen molar-refractivity contribution in [3.63, 3.8) is 0 Å². The second kappa shape index (κ2) is 8.77. The van der Waals surface area contributed by atoms with E-state index in [1.807, 2.05) is 0 Å². The zero-order valence-electron chi connectivity index (χ0n) is 14.8. The summed E-state index contributed by atoms with van der Waals surface area (Å²) in [6.07, 6.45) is 4.64. The van der Waals surface area contributed by atoms with Gasteiger partial charge in [0.05, 0.1) is 11.6 Å². The molecule has 2 aliphatic heterocycles. The molecule has 2 heterocycles. The number of fused-ring (bicyclic) bond motifs is 1. The Bertz CT molecular complexity index is 599. The van der Waals surface area contributed by atoms with E-state index in [0.717, 1.165) is 25.9 Å². The minimum atomic E-state index is -0.369. The Morgan fingerprint density at radius 2 is 1.96 bits per heavy atom. The summed E-state index contributed by atoms with van der Waals surface area (Å²) in [6, 6.07) is 3.30. The fourth-order valence-electron chi connectivity index (χ4n) is 3.29. The van der Waals surface area contributed by atoms with Gasteiger partial charge in [0.15, 0.2) is 11.5 Å². The first-order chi connectivity index (χ1) is 12.2. The highest BCUT2D eigenvalue weighted by Crippen LogP contribution is 2.40. The molecule has 1 saturated heterocycles. The van der Waals surface area contributed by atoms with Crippen molar-refractivity contribution in [1.82, 2.24) is 4.90 Å². The number of nitrogens with zero attached hydrogens (tertiary/aromatic N) is 1. The highest BCUT2D eigenvalue weighted by Gasteiger charge is 2.26. The van der Waals surface area contributed by atoms with Gasteiger partial charge < -0.3 is 19.1 Å². The van der Waals surface area contributed by atoms with E-state index in [-0.39, 0.29) is 5.97 Å². The van der Waals surface area contributed by atoms with E-state index in [9.17, 15) is 4.79 Å². The number of unbranched alkanes of at least 4 members (excludes halogenated alkanes) is 1. The second-order valence-corrected chi connectivity index (χ2v) is 7.09. The zero-order chi connectivity index (χ0) is 17.6. The van der Waals surface area contributed by atoms with Crippen LogP contribution in [0.15, 0.2) is 12.1 Å². The largest absolute Gasteiger partial charge is 0.485 e. The predicted molar refractivity (Wildman–Crippen MR) is 96.8 cm³/mol. The molecule has 25 heavy (non-hydrogen) atoms. The number of carbonyl (C=O) groups excluding carboxylic acids is 1. The lowest BCUT2D eigenvalue weighted by Crippen LogP contribution is -2.36. The van der Waals surface area contributed by atoms with Gasteiger partial charge in [0.2, 0.25) is 0 Å². The van der Waals surface area contributed by atoms with Crippen molar-refractivity contribution in [1.29, 1.82) is 0 Å². The van der Waals surface area contributed by atoms with E-state index in [0.29, 0.717) is 47.8 Å². The molecule has 0 spiro atoms. The van der Waals surface area contributed by atoms with Crippen molar-refractivity contribution >= 4 is 17.6 Å². The van der Waals surface area contributed by atoms with E-state index in [4.69, 9.17) is 25.8 Å². The van der Waals surface area contributed by atoms with Crippen LogP contribution >= 0.6 is 11.6 Å². The van der Waals surface area contributed by atoms with Crippen LogP contribution in [0, 0.1) is 5.92 Å². The number of carbonyl (C=O) groups is 1. The Balaban J connectivity index is 1.52. The summed E-state index contributed by atoms with van der Waals surface area (Å²) in [5.41, 5.74) is 0.388. The van der Waals surface area contributed by atoms with Crippen LogP contribution in [-0.4, -0.2) is 50.3 Å². The summed E-state index contributed by atoms with van der Waals surface area (Å²) in [5.74, 6) is 0.902. The number of hydrogen-bond acceptors (Lipinski definition) is 5. The lowest BCUT2D eigenvalue weighted by molar-refractivity contribution is 0.0364. The van der Waals surface area contributed by atoms with Crippen molar-refractivity contribution in [3.8, 4) is 11.5 Å². The molecule has 138 valence electrons. The van der Waals surface area contributed by atoms with E-state index in [1.54, 1.807) is 12.1 Å². The Morgan fingerprint density at radius 1 is 1.24 bits per heavy atom. The number of ether oxygens (including phenoxy) is 3. The Hall–Kier alpha value is -1.46. The van der Waals surface area contributed by atoms with E-state index >= 15 is 0 Å². The monoisotopic (exact) mass is 367 g/mol. The van der Waals surface area contributed by atoms with E-state index < -0.39 is 0 Å². The fourth-order valence-corrected chi connectivity index (χ4v) is 3.50. The molecule has 0 amide bonds. The molecule has 0 aromatic heterocycles. The number of piperidine rings is 1. The molecule has 1 fully saturated rings. The smallest absolute Gasteiger partial charge is 0.342 e. The molecular formula is C19H26ClNO4. The molecule has 0 N–H and O–H groups in total. The molecule has 6 heteroatoms. The van der Waals surface area contributed by atoms with Gasteiger partial charge in [-0.15, -0.1) is 0 Å². The third-order valence-corrected chi connectivity index (χ3v) is 5.14. The van der Waals surface area contributed by atoms with Gasteiger partial charge in [-0.1, -0.05) is 24.9 Å². The maximum Gasteiger partial charge on any atom is 0.342 e. The molecule has 1 aromatic rings. The molecule has 0 unspecified atom stereocenters. The van der Waals surface area contributed by atoms with Crippen LogP contribution in [0.25, 0.3) is 0 Å². The van der Waals surface area contributed by atoms with Gasteiger partial charge in [-0.25, -0.2) is 4.79 Å². The molecular weight excluding hydrogens is 342 g/mol. The molecule has 0 bridgehead atoms. The van der Waals surface area contributed by atoms with Gasteiger partial charge in [-0.05, 0) is 56.9 Å². The highest BCUT2D eigenvalue weighted by atomic mass is 35.5. The summed E-state index contributed by atoms with van der Waals surface area (Å²) < 4.78 is 16.7. The Kier molecular flexibility index (Phi) is 6.43. The number of halogens is 1. The summed E-state index contributed by atoms with van der Waals surface area (Å²) in [7, 11) is 0. The third kappa shape index (κ3) is 4.59. The van der Waals surface area contributed by atoms with Crippen LogP contribution in [0.2, 0.25) is 5.02 Å². The van der Waals surface area contributed by atoms with Crippen LogP contribution in [0.1, 0.15) is 43.0 Å². The molecule has 0 atom stereocenters. The standard InChI is InChI=1S/C19H26ClNO4/c1-2-3-8-21-9-6-14(7-10-21)13-25-19(22)15-4-5-16(20)18-17(15)23-11-12-24-18/h4-5,14H,2-3,6-13H2,1H3. The first-order valence-electron chi connectivity index (χ1n) is 9.16. The van der Waals surface area contributed by atoms with Gasteiger partial charge in [0.1, 0.15) is 18.8 Å². The van der Waals surface area contributed by atoms with Gasteiger partial charge in [0.25, 0.3) is 0 Å². The van der Waals surface area contributed by atoms with Gasteiger partial charge >= 0.3 is 5.97 Å². The number of likely N-dealkylation sites (tertiary alicyclic amines) is 1. The lowest BCUT2D eigenvalue weighted by Gasteiger charge is -2.31. The minimum absolute atomic E-state index is 0.369. The Morgan fingerprint density at radius 3 is 2.68 bits per heavy atom. The summed E-state index contributed by atoms with van der Waals surface area (Å²) in [6.45, 7) is 6.88. The maximum atomic E-state index is 12.5. The van der Waals surface area contributed by atoms with Crippen LogP contribution in [0.5, 0.6) is 11.5 Å². The summed E-state index contributed by atoms with van der Waals surface area (Å²) in [4.78, 5) is 15.0. The number of hydrogen-bond donors (Lipinski definition) is 0. The minimum Gasteiger partial charge on any atom is -0.485 e. The maximum absolute atomic E-state index is 12.5. The van der Waals surface area contributed by atoms with Crippen molar-refractivity contribution in [3.05, 3.63) is 22.7 Å². The molecule has 0 radical (unpaired) electrons. The lowest BCUT2D eigenvalue weighted by atomic mass is 9.97. The van der Waals surface area contributed by atoms with Crippen molar-refractivity contribution in [2.75, 3.05) is 39.5 Å². The summed E-state index contributed by atoms with van der Waals surface area (Å²) >= 11 is 6.11. The molecule has 0 aliphatic carbocycles. The highest BCUT2D eigenvalue weighted by molar-refractivity contribution is 6.32. The predicted octanol–water partition coefficient (Wildman–Crippen LogP) is 3.78. The van der Waals surface area contributed by atoms with Gasteiger partial charge in [-0.2, -0.15) is 0 Å². The van der Waals surface area contributed by atoms with Crippen molar-refractivity contribution in [2.24, 2.45) is 5.92 Å². The zero-order valence-corrected chi connectivity index (χ0v) is 15.5. The van der Waals surface area contributed by atoms with Gasteiger partial charge in [0, 0.05) is 0 Å². The Labute approximate surface area is 154 Å².